The van der Waals surface area contributed by atoms with Crippen molar-refractivity contribution in [2.24, 2.45) is 0 Å². The summed E-state index contributed by atoms with van der Waals surface area (Å²) in [7, 11) is 0. The third-order valence-corrected chi connectivity index (χ3v) is 4.39. The summed E-state index contributed by atoms with van der Waals surface area (Å²) in [5.74, 6) is 0.744. The number of furan rings is 1. The van der Waals surface area contributed by atoms with E-state index in [1.54, 1.807) is 6.07 Å². The lowest BCUT2D eigenvalue weighted by molar-refractivity contribution is 0.0994. The first-order valence-corrected chi connectivity index (χ1v) is 8.48. The van der Waals surface area contributed by atoms with Gasteiger partial charge in [0.05, 0.1) is 11.4 Å². The third-order valence-electron chi connectivity index (χ3n) is 4.39. The quantitative estimate of drug-likeness (QED) is 0.773. The van der Waals surface area contributed by atoms with Crippen LogP contribution in [0.4, 0.5) is 5.95 Å². The van der Waals surface area contributed by atoms with Crippen molar-refractivity contribution in [1.29, 1.82) is 0 Å². The van der Waals surface area contributed by atoms with Gasteiger partial charge in [0.25, 0.3) is 5.91 Å². The largest absolute Gasteiger partial charge is 0.456 e. The molecular formula is C20H22N4O2. The summed E-state index contributed by atoms with van der Waals surface area (Å²) in [5, 5.41) is 10.4. The van der Waals surface area contributed by atoms with Crippen LogP contribution in [0, 0.1) is 34.6 Å². The molecule has 3 rings (SSSR count). The van der Waals surface area contributed by atoms with Crippen LogP contribution in [0.25, 0.3) is 0 Å². The minimum atomic E-state index is -0.390. The number of hydrogen-bond acceptors (Lipinski definition) is 5. The Morgan fingerprint density at radius 1 is 1.00 bits per heavy atom. The molecule has 134 valence electrons. The Bertz CT molecular complexity index is 953. The molecule has 0 aliphatic carbocycles. The maximum atomic E-state index is 12.3. The van der Waals surface area contributed by atoms with Crippen LogP contribution < -0.4 is 5.32 Å². The highest BCUT2D eigenvalue weighted by Gasteiger charge is 2.15. The van der Waals surface area contributed by atoms with Crippen LogP contribution in [0.1, 0.15) is 50.0 Å². The Morgan fingerprint density at radius 3 is 2.35 bits per heavy atom. The van der Waals surface area contributed by atoms with Crippen LogP contribution >= 0.6 is 0 Å². The van der Waals surface area contributed by atoms with E-state index in [9.17, 15) is 4.79 Å². The van der Waals surface area contributed by atoms with Gasteiger partial charge in [-0.3, -0.25) is 10.1 Å². The number of amides is 1. The van der Waals surface area contributed by atoms with Gasteiger partial charge in [0.1, 0.15) is 5.76 Å². The van der Waals surface area contributed by atoms with Crippen LogP contribution in [-0.2, 0) is 6.42 Å². The number of nitrogens with zero attached hydrogens (tertiary/aromatic N) is 3. The van der Waals surface area contributed by atoms with Crippen LogP contribution in [0.3, 0.4) is 0 Å². The molecule has 2 aromatic heterocycles. The predicted octanol–water partition coefficient (Wildman–Crippen LogP) is 3.85. The van der Waals surface area contributed by atoms with Crippen molar-refractivity contribution in [3.8, 4) is 0 Å². The fourth-order valence-electron chi connectivity index (χ4n) is 2.93. The number of nitrogens with one attached hydrogen (secondary N) is 1. The summed E-state index contributed by atoms with van der Waals surface area (Å²) in [6.07, 6.45) is 0.646. The number of hydrogen-bond donors (Lipinski definition) is 1. The van der Waals surface area contributed by atoms with Crippen molar-refractivity contribution in [2.75, 3.05) is 5.32 Å². The molecule has 6 heteroatoms. The maximum absolute atomic E-state index is 12.3. The van der Waals surface area contributed by atoms with E-state index >= 15 is 0 Å². The highest BCUT2D eigenvalue weighted by atomic mass is 16.3. The lowest BCUT2D eigenvalue weighted by atomic mass is 9.97. The molecule has 26 heavy (non-hydrogen) atoms. The van der Waals surface area contributed by atoms with E-state index in [4.69, 9.17) is 4.42 Å². The van der Waals surface area contributed by atoms with Crippen molar-refractivity contribution in [3.63, 3.8) is 0 Å². The van der Waals surface area contributed by atoms with E-state index in [0.29, 0.717) is 6.42 Å². The zero-order valence-corrected chi connectivity index (χ0v) is 15.7. The summed E-state index contributed by atoms with van der Waals surface area (Å²) in [6, 6.07) is 7.80. The minimum absolute atomic E-state index is 0.168. The van der Waals surface area contributed by atoms with Gasteiger partial charge in [-0.2, -0.15) is 5.10 Å². The number of benzene rings is 1. The van der Waals surface area contributed by atoms with E-state index in [2.05, 4.69) is 53.4 Å². The van der Waals surface area contributed by atoms with Gasteiger partial charge >= 0.3 is 0 Å². The molecule has 0 bridgehead atoms. The number of aryl methyl sites for hydroxylation is 5. The molecule has 6 nitrogen and oxygen atoms in total. The van der Waals surface area contributed by atoms with Crippen molar-refractivity contribution >= 4 is 11.9 Å². The standard InChI is InChI=1S/C20H22N4O2/c1-11-8-12(2)17(13(3)9-11)10-16-6-7-18(26-16)19(25)22-20-21-14(4)15(5)23-24-20/h6-9H,10H2,1-5H3,(H,21,22,24,25). The molecular weight excluding hydrogens is 328 g/mol. The lowest BCUT2D eigenvalue weighted by Crippen LogP contribution is -2.15. The van der Waals surface area contributed by atoms with Crippen molar-refractivity contribution < 1.29 is 9.21 Å². The Labute approximate surface area is 152 Å². The van der Waals surface area contributed by atoms with Crippen molar-refractivity contribution in [3.05, 3.63) is 69.4 Å². The van der Waals surface area contributed by atoms with E-state index in [0.717, 1.165) is 17.1 Å². The summed E-state index contributed by atoms with van der Waals surface area (Å²) in [4.78, 5) is 16.5. The molecule has 0 radical (unpaired) electrons. The van der Waals surface area contributed by atoms with E-state index < -0.39 is 5.91 Å². The van der Waals surface area contributed by atoms with Gasteiger partial charge in [0.15, 0.2) is 5.76 Å². The van der Waals surface area contributed by atoms with Gasteiger partial charge in [0, 0.05) is 6.42 Å². The summed E-state index contributed by atoms with van der Waals surface area (Å²) >= 11 is 0. The Hall–Kier alpha value is -3.02. The van der Waals surface area contributed by atoms with Crippen LogP contribution in [0.15, 0.2) is 28.7 Å². The average Bonchev–Trinajstić information content (AvgIpc) is 3.03. The fourth-order valence-corrected chi connectivity index (χ4v) is 2.93. The minimum Gasteiger partial charge on any atom is -0.456 e. The highest BCUT2D eigenvalue weighted by Crippen LogP contribution is 2.21. The Balaban J connectivity index is 1.75. The molecule has 0 saturated carbocycles. The number of rotatable bonds is 4. The van der Waals surface area contributed by atoms with E-state index in [-0.39, 0.29) is 11.7 Å². The first kappa shape index (κ1) is 17.8. The van der Waals surface area contributed by atoms with E-state index in [1.807, 2.05) is 19.9 Å². The molecule has 0 spiro atoms. The van der Waals surface area contributed by atoms with Gasteiger partial charge in [-0.05, 0) is 63.4 Å². The topological polar surface area (TPSA) is 80.9 Å². The van der Waals surface area contributed by atoms with Gasteiger partial charge in [-0.1, -0.05) is 17.7 Å². The second kappa shape index (κ2) is 7.07. The summed E-state index contributed by atoms with van der Waals surface area (Å²) in [6.45, 7) is 9.90. The SMILES string of the molecule is Cc1cc(C)c(Cc2ccc(C(=O)Nc3nnc(C)c(C)n3)o2)c(C)c1. The number of aromatic nitrogens is 3. The number of carbonyl (C=O) groups excluding carboxylic acids is 1. The van der Waals surface area contributed by atoms with Crippen molar-refractivity contribution in [1.82, 2.24) is 15.2 Å². The van der Waals surface area contributed by atoms with Gasteiger partial charge in [-0.15, -0.1) is 5.10 Å². The van der Waals surface area contributed by atoms with Crippen molar-refractivity contribution in [2.45, 2.75) is 41.0 Å². The van der Waals surface area contributed by atoms with Gasteiger partial charge in [0.2, 0.25) is 5.95 Å². The molecule has 1 amide bonds. The van der Waals surface area contributed by atoms with Gasteiger partial charge in [-0.25, -0.2) is 4.98 Å². The lowest BCUT2D eigenvalue weighted by Gasteiger charge is -2.10. The number of anilines is 1. The molecule has 2 heterocycles. The fraction of sp³-hybridized carbons (Fsp3) is 0.300. The average molecular weight is 350 g/mol. The molecule has 1 aromatic carbocycles. The zero-order chi connectivity index (χ0) is 18.8. The molecule has 0 aliphatic rings. The summed E-state index contributed by atoms with van der Waals surface area (Å²) in [5.41, 5.74) is 6.36. The Kier molecular flexibility index (Phi) is 4.84. The van der Waals surface area contributed by atoms with Crippen LogP contribution in [0.5, 0.6) is 0 Å². The molecule has 0 atom stereocenters. The van der Waals surface area contributed by atoms with Crippen LogP contribution in [-0.4, -0.2) is 21.1 Å². The first-order chi connectivity index (χ1) is 12.3. The smallest absolute Gasteiger partial charge is 0.293 e. The third kappa shape index (κ3) is 3.79. The maximum Gasteiger partial charge on any atom is 0.293 e. The van der Waals surface area contributed by atoms with E-state index in [1.165, 1.54) is 22.3 Å². The highest BCUT2D eigenvalue weighted by molar-refractivity contribution is 6.01. The second-order valence-corrected chi connectivity index (χ2v) is 6.58. The second-order valence-electron chi connectivity index (χ2n) is 6.58. The Morgan fingerprint density at radius 2 is 1.69 bits per heavy atom. The predicted molar refractivity (Wildman–Crippen MR) is 99.4 cm³/mol. The van der Waals surface area contributed by atoms with Gasteiger partial charge < -0.3 is 4.42 Å². The summed E-state index contributed by atoms with van der Waals surface area (Å²) < 4.78 is 5.73. The monoisotopic (exact) mass is 350 g/mol. The van der Waals surface area contributed by atoms with Crippen LogP contribution in [0.2, 0.25) is 0 Å². The zero-order valence-electron chi connectivity index (χ0n) is 15.7. The molecule has 3 aromatic rings. The molecule has 0 saturated heterocycles. The first-order valence-electron chi connectivity index (χ1n) is 8.48. The number of carbonyl (C=O) groups is 1. The molecule has 0 aliphatic heterocycles. The molecule has 0 fully saturated rings. The molecule has 0 unspecified atom stereocenters. The molecule has 1 N–H and O–H groups in total. The normalized spacial score (nSPS) is 10.8.